The minimum absolute atomic E-state index is 0.274. The third-order valence-corrected chi connectivity index (χ3v) is 4.58. The summed E-state index contributed by atoms with van der Waals surface area (Å²) in [5.41, 5.74) is -0.112. The maximum absolute atomic E-state index is 13.0. The maximum Gasteiger partial charge on any atom is 0.417 e. The number of alkyl halides is 3. The molecule has 1 aromatic carbocycles. The molecule has 0 unspecified atom stereocenters. The van der Waals surface area contributed by atoms with Crippen LogP contribution < -0.4 is 0 Å². The molecule has 6 heteroatoms. The largest absolute Gasteiger partial charge is 0.417 e. The Kier molecular flexibility index (Phi) is 3.49. The molecule has 0 spiro atoms. The van der Waals surface area contributed by atoms with Crippen molar-refractivity contribution in [1.29, 1.82) is 0 Å². The van der Waals surface area contributed by atoms with Gasteiger partial charge >= 0.3 is 6.18 Å². The van der Waals surface area contributed by atoms with Gasteiger partial charge in [0, 0.05) is 18.0 Å². The monoisotopic (exact) mass is 311 g/mol. The third-order valence-electron chi connectivity index (χ3n) is 3.56. The number of nitrogens with zero attached hydrogens (tertiary/aromatic N) is 1. The van der Waals surface area contributed by atoms with E-state index in [4.69, 9.17) is 0 Å². The van der Waals surface area contributed by atoms with Crippen LogP contribution in [0.15, 0.2) is 35.7 Å². The molecule has 0 saturated carbocycles. The lowest BCUT2D eigenvalue weighted by Crippen LogP contribution is -2.36. The number of hydrogen-bond acceptors (Lipinski definition) is 2. The zero-order valence-electron chi connectivity index (χ0n) is 11.0. The van der Waals surface area contributed by atoms with Gasteiger partial charge in [-0.2, -0.15) is 13.2 Å². The highest BCUT2D eigenvalue weighted by Gasteiger charge is 2.36. The van der Waals surface area contributed by atoms with E-state index in [2.05, 4.69) is 0 Å². The van der Waals surface area contributed by atoms with Crippen molar-refractivity contribution in [2.75, 3.05) is 6.54 Å². The molecule has 110 valence electrons. The van der Waals surface area contributed by atoms with Crippen molar-refractivity contribution in [3.63, 3.8) is 0 Å². The van der Waals surface area contributed by atoms with Crippen molar-refractivity contribution < 1.29 is 18.0 Å². The lowest BCUT2D eigenvalue weighted by atomic mass is 10.0. The van der Waals surface area contributed by atoms with Crippen LogP contribution in [-0.2, 0) is 19.1 Å². The van der Waals surface area contributed by atoms with E-state index in [1.165, 1.54) is 28.0 Å². The highest BCUT2D eigenvalue weighted by atomic mass is 32.1. The van der Waals surface area contributed by atoms with E-state index in [1.807, 2.05) is 11.4 Å². The minimum Gasteiger partial charge on any atom is -0.334 e. The van der Waals surface area contributed by atoms with Crippen LogP contribution in [-0.4, -0.2) is 17.4 Å². The molecule has 3 rings (SSSR count). The molecule has 21 heavy (non-hydrogen) atoms. The van der Waals surface area contributed by atoms with Gasteiger partial charge in [-0.05, 0) is 35.6 Å². The zero-order chi connectivity index (χ0) is 15.0. The average molecular weight is 311 g/mol. The van der Waals surface area contributed by atoms with Crippen LogP contribution in [0.2, 0.25) is 0 Å². The van der Waals surface area contributed by atoms with Gasteiger partial charge in [0.15, 0.2) is 0 Å². The molecule has 0 atom stereocenters. The summed E-state index contributed by atoms with van der Waals surface area (Å²) in [5.74, 6) is -0.556. The summed E-state index contributed by atoms with van der Waals surface area (Å²) in [6.07, 6.45) is -3.82. The predicted molar refractivity (Wildman–Crippen MR) is 74.2 cm³/mol. The summed E-state index contributed by atoms with van der Waals surface area (Å²) >= 11 is 1.62. The second kappa shape index (κ2) is 5.18. The van der Waals surface area contributed by atoms with E-state index >= 15 is 0 Å². The third kappa shape index (κ3) is 2.68. The molecule has 0 N–H and O–H groups in total. The number of carbonyl (C=O) groups is 1. The number of hydrogen-bond donors (Lipinski definition) is 0. The van der Waals surface area contributed by atoms with Crippen molar-refractivity contribution in [2.45, 2.75) is 19.1 Å². The molecule has 1 aliphatic heterocycles. The first-order chi connectivity index (χ1) is 9.97. The second-order valence-corrected chi connectivity index (χ2v) is 5.89. The van der Waals surface area contributed by atoms with Crippen LogP contribution in [0.25, 0.3) is 0 Å². The molecule has 0 saturated heterocycles. The van der Waals surface area contributed by atoms with Gasteiger partial charge < -0.3 is 4.90 Å². The number of benzene rings is 1. The number of rotatable bonds is 1. The van der Waals surface area contributed by atoms with Crippen LogP contribution in [0.5, 0.6) is 0 Å². The molecular weight excluding hydrogens is 299 g/mol. The Labute approximate surface area is 123 Å². The van der Waals surface area contributed by atoms with Gasteiger partial charge in [0.25, 0.3) is 5.91 Å². The number of thiophene rings is 1. The lowest BCUT2D eigenvalue weighted by molar-refractivity contribution is -0.138. The number of fused-ring (bicyclic) bond motifs is 1. The van der Waals surface area contributed by atoms with Crippen LogP contribution >= 0.6 is 11.3 Å². The molecule has 1 aliphatic rings. The van der Waals surface area contributed by atoms with E-state index in [0.717, 1.165) is 11.6 Å². The Bertz CT molecular complexity index is 678. The van der Waals surface area contributed by atoms with E-state index in [-0.39, 0.29) is 5.56 Å². The van der Waals surface area contributed by atoms with Gasteiger partial charge in [-0.1, -0.05) is 12.1 Å². The average Bonchev–Trinajstić information content (AvgIpc) is 2.93. The predicted octanol–water partition coefficient (Wildman–Crippen LogP) is 3.97. The Balaban J connectivity index is 1.90. The van der Waals surface area contributed by atoms with E-state index in [1.54, 1.807) is 11.3 Å². The number of amides is 1. The minimum atomic E-state index is -4.52. The van der Waals surface area contributed by atoms with E-state index in [0.29, 0.717) is 19.5 Å². The second-order valence-electron chi connectivity index (χ2n) is 4.89. The first-order valence-corrected chi connectivity index (χ1v) is 7.35. The Morgan fingerprint density at radius 3 is 2.71 bits per heavy atom. The van der Waals surface area contributed by atoms with Crippen LogP contribution in [0.1, 0.15) is 26.4 Å². The zero-order valence-corrected chi connectivity index (χ0v) is 11.8. The SMILES string of the molecule is O=C(c1ccccc1C(F)(F)F)N1CCc2sccc2C1. The van der Waals surface area contributed by atoms with E-state index < -0.39 is 17.6 Å². The molecule has 0 fully saturated rings. The maximum atomic E-state index is 13.0. The fourth-order valence-corrected chi connectivity index (χ4v) is 3.40. The highest BCUT2D eigenvalue weighted by molar-refractivity contribution is 7.10. The summed E-state index contributed by atoms with van der Waals surface area (Å²) in [6, 6.07) is 6.88. The van der Waals surface area contributed by atoms with Crippen molar-refractivity contribution >= 4 is 17.2 Å². The van der Waals surface area contributed by atoms with E-state index in [9.17, 15) is 18.0 Å². The number of carbonyl (C=O) groups excluding carboxylic acids is 1. The fourth-order valence-electron chi connectivity index (χ4n) is 2.51. The van der Waals surface area contributed by atoms with Crippen LogP contribution in [0.4, 0.5) is 13.2 Å². The molecule has 0 aliphatic carbocycles. The fraction of sp³-hybridized carbons (Fsp3) is 0.267. The van der Waals surface area contributed by atoms with Gasteiger partial charge in [0.2, 0.25) is 0 Å². The summed E-state index contributed by atoms with van der Waals surface area (Å²) in [5, 5.41) is 1.95. The Morgan fingerprint density at radius 2 is 1.95 bits per heavy atom. The molecule has 0 bridgehead atoms. The number of halogens is 3. The summed E-state index contributed by atoms with van der Waals surface area (Å²) in [6.45, 7) is 0.836. The van der Waals surface area contributed by atoms with Crippen molar-refractivity contribution in [2.24, 2.45) is 0 Å². The molecule has 1 aromatic heterocycles. The Hall–Kier alpha value is -1.82. The smallest absolute Gasteiger partial charge is 0.334 e. The molecular formula is C15H12F3NOS. The molecule has 0 radical (unpaired) electrons. The lowest BCUT2D eigenvalue weighted by Gasteiger charge is -2.28. The molecule has 1 amide bonds. The normalized spacial score (nSPS) is 14.9. The van der Waals surface area contributed by atoms with Crippen molar-refractivity contribution in [3.8, 4) is 0 Å². The molecule has 2 aromatic rings. The first kappa shape index (κ1) is 14.1. The van der Waals surface area contributed by atoms with Crippen LogP contribution in [0.3, 0.4) is 0 Å². The van der Waals surface area contributed by atoms with Gasteiger partial charge in [0.1, 0.15) is 0 Å². The van der Waals surface area contributed by atoms with Gasteiger partial charge in [-0.25, -0.2) is 0 Å². The topological polar surface area (TPSA) is 20.3 Å². The van der Waals surface area contributed by atoms with Gasteiger partial charge in [-0.15, -0.1) is 11.3 Å². The first-order valence-electron chi connectivity index (χ1n) is 6.47. The van der Waals surface area contributed by atoms with Crippen molar-refractivity contribution in [3.05, 3.63) is 57.3 Å². The quantitative estimate of drug-likeness (QED) is 0.780. The standard InChI is InChI=1S/C15H12F3NOS/c16-15(17,18)12-4-2-1-3-11(12)14(20)19-7-5-13-10(9-19)6-8-21-13/h1-4,6,8H,5,7,9H2. The summed E-state index contributed by atoms with van der Waals surface area (Å²) in [7, 11) is 0. The Morgan fingerprint density at radius 1 is 1.19 bits per heavy atom. The molecule has 2 nitrogen and oxygen atoms in total. The van der Waals surface area contributed by atoms with Gasteiger partial charge in [-0.3, -0.25) is 4.79 Å². The highest BCUT2D eigenvalue weighted by Crippen LogP contribution is 2.33. The van der Waals surface area contributed by atoms with Gasteiger partial charge in [0.05, 0.1) is 11.1 Å². The van der Waals surface area contributed by atoms with Crippen LogP contribution in [0, 0.1) is 0 Å². The summed E-state index contributed by atoms with van der Waals surface area (Å²) in [4.78, 5) is 15.1. The van der Waals surface area contributed by atoms with Crippen molar-refractivity contribution in [1.82, 2.24) is 4.90 Å². The summed E-state index contributed by atoms with van der Waals surface area (Å²) < 4.78 is 39.0. The molecule has 2 heterocycles.